The largest absolute Gasteiger partial charge is 0.497 e. The van der Waals surface area contributed by atoms with Gasteiger partial charge in [0.2, 0.25) is 15.9 Å². The summed E-state index contributed by atoms with van der Waals surface area (Å²) in [6.45, 7) is 0.503. The van der Waals surface area contributed by atoms with Gasteiger partial charge in [-0.05, 0) is 55.3 Å². The fourth-order valence-corrected chi connectivity index (χ4v) is 6.17. The number of hydrogen-bond acceptors (Lipinski definition) is 6. The number of aryl methyl sites for hydroxylation is 1. The molecular formula is C21H23N3O5S2. The maximum atomic E-state index is 13.0. The Kier molecular flexibility index (Phi) is 5.87. The molecule has 2 aromatic carbocycles. The Bertz CT molecular complexity index is 1280. The van der Waals surface area contributed by atoms with E-state index in [0.29, 0.717) is 30.8 Å². The number of ether oxygens (including phenoxy) is 1. The van der Waals surface area contributed by atoms with E-state index in [-0.39, 0.29) is 22.2 Å². The second-order valence-electron chi connectivity index (χ2n) is 7.48. The van der Waals surface area contributed by atoms with Crippen LogP contribution in [0.4, 0.5) is 5.69 Å². The number of aromatic nitrogens is 1. The Morgan fingerprint density at radius 2 is 1.94 bits per heavy atom. The third-order valence-corrected chi connectivity index (χ3v) is 8.39. The van der Waals surface area contributed by atoms with E-state index in [4.69, 9.17) is 4.74 Å². The first-order valence-corrected chi connectivity index (χ1v) is 12.1. The smallest absolute Gasteiger partial charge is 0.307 e. The molecule has 4 rings (SSSR count). The number of methoxy groups -OCH3 is 1. The lowest BCUT2D eigenvalue weighted by Gasteiger charge is -2.31. The molecule has 1 aliphatic rings. The normalized spacial score (nSPS) is 17.5. The molecule has 1 aromatic heterocycles. The SMILES string of the molecule is COc1ccc(S(=O)(=O)N2CCC[C@H](C(=O)Nc3ccc4c(c3)sc(=O)n4C)C2)cc1. The third kappa shape index (κ3) is 4.23. The maximum absolute atomic E-state index is 13.0. The summed E-state index contributed by atoms with van der Waals surface area (Å²) in [6.07, 6.45) is 1.22. The summed E-state index contributed by atoms with van der Waals surface area (Å²) in [6, 6.07) is 11.6. The molecular weight excluding hydrogens is 438 g/mol. The zero-order chi connectivity index (χ0) is 22.2. The van der Waals surface area contributed by atoms with Crippen molar-refractivity contribution in [2.45, 2.75) is 17.7 Å². The van der Waals surface area contributed by atoms with Crippen molar-refractivity contribution in [3.05, 3.63) is 52.1 Å². The number of thiazole rings is 1. The summed E-state index contributed by atoms with van der Waals surface area (Å²) in [5.74, 6) is -0.0977. The molecule has 0 spiro atoms. The van der Waals surface area contributed by atoms with E-state index >= 15 is 0 Å². The Labute approximate surface area is 184 Å². The molecule has 1 N–H and O–H groups in total. The number of benzene rings is 2. The number of rotatable bonds is 5. The number of nitrogens with one attached hydrogen (secondary N) is 1. The number of piperidine rings is 1. The second-order valence-corrected chi connectivity index (χ2v) is 10.4. The second kappa shape index (κ2) is 8.45. The number of sulfonamides is 1. The van der Waals surface area contributed by atoms with Crippen LogP contribution in [0.15, 0.2) is 52.2 Å². The zero-order valence-electron chi connectivity index (χ0n) is 17.2. The molecule has 1 amide bonds. The average molecular weight is 462 g/mol. The quantitative estimate of drug-likeness (QED) is 0.630. The molecule has 2 heterocycles. The minimum absolute atomic E-state index is 0.0647. The van der Waals surface area contributed by atoms with E-state index in [1.165, 1.54) is 23.5 Å². The molecule has 1 fully saturated rings. The summed E-state index contributed by atoms with van der Waals surface area (Å²) < 4.78 is 34.8. The van der Waals surface area contributed by atoms with Crippen LogP contribution in [-0.4, -0.2) is 43.4 Å². The van der Waals surface area contributed by atoms with Crippen LogP contribution in [0.2, 0.25) is 0 Å². The molecule has 0 radical (unpaired) electrons. The van der Waals surface area contributed by atoms with Crippen molar-refractivity contribution in [2.24, 2.45) is 13.0 Å². The van der Waals surface area contributed by atoms with Crippen molar-refractivity contribution >= 4 is 43.2 Å². The zero-order valence-corrected chi connectivity index (χ0v) is 18.8. The van der Waals surface area contributed by atoms with Crippen molar-refractivity contribution in [1.29, 1.82) is 0 Å². The molecule has 0 saturated carbocycles. The van der Waals surface area contributed by atoms with Gasteiger partial charge in [-0.2, -0.15) is 4.31 Å². The fourth-order valence-electron chi connectivity index (χ4n) is 3.73. The molecule has 31 heavy (non-hydrogen) atoms. The summed E-state index contributed by atoms with van der Waals surface area (Å²) in [4.78, 5) is 24.8. The Morgan fingerprint density at radius 1 is 1.19 bits per heavy atom. The minimum Gasteiger partial charge on any atom is -0.497 e. The summed E-state index contributed by atoms with van der Waals surface area (Å²) in [5, 5.41) is 2.88. The fraction of sp³-hybridized carbons (Fsp3) is 0.333. The molecule has 3 aromatic rings. The first-order chi connectivity index (χ1) is 14.8. The third-order valence-electron chi connectivity index (χ3n) is 5.51. The van der Waals surface area contributed by atoms with E-state index in [1.807, 2.05) is 0 Å². The topological polar surface area (TPSA) is 97.7 Å². The first kappa shape index (κ1) is 21.5. The highest BCUT2D eigenvalue weighted by molar-refractivity contribution is 7.89. The van der Waals surface area contributed by atoms with Gasteiger partial charge >= 0.3 is 4.87 Å². The molecule has 1 atom stereocenters. The van der Waals surface area contributed by atoms with Crippen LogP contribution >= 0.6 is 11.3 Å². The Morgan fingerprint density at radius 3 is 2.65 bits per heavy atom. The Balaban J connectivity index is 1.48. The number of nitrogens with zero attached hydrogens (tertiary/aromatic N) is 2. The van der Waals surface area contributed by atoms with Gasteiger partial charge in [-0.15, -0.1) is 0 Å². The number of hydrogen-bond donors (Lipinski definition) is 1. The standard InChI is InChI=1S/C21H23N3O5S2/c1-23-18-10-5-15(12-19(18)30-21(23)26)22-20(25)14-4-3-11-24(13-14)31(27,28)17-8-6-16(29-2)7-9-17/h5-10,12,14H,3-4,11,13H2,1-2H3,(H,22,25)/t14-/m0/s1. The predicted octanol–water partition coefficient (Wildman–Crippen LogP) is 2.65. The summed E-state index contributed by atoms with van der Waals surface area (Å²) in [5.41, 5.74) is 1.40. The number of carbonyl (C=O) groups excluding carboxylic acids is 1. The molecule has 0 bridgehead atoms. The van der Waals surface area contributed by atoms with E-state index in [0.717, 1.165) is 21.6 Å². The number of fused-ring (bicyclic) bond motifs is 1. The van der Waals surface area contributed by atoms with Crippen LogP contribution in [0.3, 0.4) is 0 Å². The van der Waals surface area contributed by atoms with Gasteiger partial charge in [-0.1, -0.05) is 11.3 Å². The molecule has 8 nitrogen and oxygen atoms in total. The lowest BCUT2D eigenvalue weighted by atomic mass is 9.98. The van der Waals surface area contributed by atoms with Crippen molar-refractivity contribution < 1.29 is 17.9 Å². The van der Waals surface area contributed by atoms with Crippen molar-refractivity contribution in [3.63, 3.8) is 0 Å². The van der Waals surface area contributed by atoms with Crippen LogP contribution < -0.4 is 14.9 Å². The molecule has 164 valence electrons. The molecule has 0 aliphatic carbocycles. The van der Waals surface area contributed by atoms with Crippen LogP contribution in [0.1, 0.15) is 12.8 Å². The van der Waals surface area contributed by atoms with E-state index in [9.17, 15) is 18.0 Å². The molecule has 0 unspecified atom stereocenters. The minimum atomic E-state index is -3.70. The highest BCUT2D eigenvalue weighted by Gasteiger charge is 2.33. The van der Waals surface area contributed by atoms with Gasteiger partial charge in [0.1, 0.15) is 5.75 Å². The van der Waals surface area contributed by atoms with Crippen molar-refractivity contribution in [3.8, 4) is 5.75 Å². The van der Waals surface area contributed by atoms with E-state index < -0.39 is 15.9 Å². The van der Waals surface area contributed by atoms with Crippen molar-refractivity contribution in [2.75, 3.05) is 25.5 Å². The monoisotopic (exact) mass is 461 g/mol. The lowest BCUT2D eigenvalue weighted by molar-refractivity contribution is -0.120. The van der Waals surface area contributed by atoms with Gasteiger partial charge < -0.3 is 14.6 Å². The van der Waals surface area contributed by atoms with Crippen LogP contribution in [-0.2, 0) is 21.9 Å². The van der Waals surface area contributed by atoms with Crippen LogP contribution in [0, 0.1) is 5.92 Å². The van der Waals surface area contributed by atoms with Gasteiger partial charge in [-0.3, -0.25) is 9.59 Å². The van der Waals surface area contributed by atoms with Gasteiger partial charge in [0.05, 0.1) is 28.1 Å². The van der Waals surface area contributed by atoms with Gasteiger partial charge in [0.15, 0.2) is 0 Å². The number of amides is 1. The number of anilines is 1. The van der Waals surface area contributed by atoms with Gasteiger partial charge in [0.25, 0.3) is 0 Å². The molecule has 1 aliphatic heterocycles. The highest BCUT2D eigenvalue weighted by atomic mass is 32.2. The maximum Gasteiger partial charge on any atom is 0.307 e. The summed E-state index contributed by atoms with van der Waals surface area (Å²) in [7, 11) is -0.467. The highest BCUT2D eigenvalue weighted by Crippen LogP contribution is 2.27. The predicted molar refractivity (Wildman–Crippen MR) is 120 cm³/mol. The molecule has 10 heteroatoms. The number of carbonyl (C=O) groups is 1. The first-order valence-electron chi connectivity index (χ1n) is 9.84. The van der Waals surface area contributed by atoms with Crippen LogP contribution in [0.25, 0.3) is 10.2 Å². The van der Waals surface area contributed by atoms with Gasteiger partial charge in [-0.25, -0.2) is 8.42 Å². The Hall–Kier alpha value is -2.69. The summed E-state index contributed by atoms with van der Waals surface area (Å²) >= 11 is 1.12. The van der Waals surface area contributed by atoms with E-state index in [2.05, 4.69) is 5.32 Å². The van der Waals surface area contributed by atoms with Gasteiger partial charge in [0, 0.05) is 25.8 Å². The van der Waals surface area contributed by atoms with Crippen molar-refractivity contribution in [1.82, 2.24) is 8.87 Å². The molecule has 1 saturated heterocycles. The van der Waals surface area contributed by atoms with E-state index in [1.54, 1.807) is 41.9 Å². The van der Waals surface area contributed by atoms with Crippen LogP contribution in [0.5, 0.6) is 5.75 Å². The average Bonchev–Trinajstić information content (AvgIpc) is 3.06. The lowest BCUT2D eigenvalue weighted by Crippen LogP contribution is -2.43.